The summed E-state index contributed by atoms with van der Waals surface area (Å²) in [6.45, 7) is 3.91. The molecule has 0 aliphatic rings. The van der Waals surface area contributed by atoms with Crippen LogP contribution in [0.4, 0.5) is 9.52 Å². The molecule has 0 fully saturated rings. The zero-order valence-corrected chi connectivity index (χ0v) is 19.6. The summed E-state index contributed by atoms with van der Waals surface area (Å²) < 4.78 is 15.3. The molecule has 1 N–H and O–H groups in total. The van der Waals surface area contributed by atoms with Crippen molar-refractivity contribution in [1.82, 2.24) is 14.4 Å². The van der Waals surface area contributed by atoms with Crippen molar-refractivity contribution >= 4 is 27.9 Å². The van der Waals surface area contributed by atoms with Gasteiger partial charge in [-0.15, -0.1) is 11.3 Å². The molecule has 5 aromatic rings. The zero-order chi connectivity index (χ0) is 23.7. The van der Waals surface area contributed by atoms with Crippen LogP contribution in [0.25, 0.3) is 16.8 Å². The van der Waals surface area contributed by atoms with Gasteiger partial charge in [0.2, 0.25) is 5.91 Å². The van der Waals surface area contributed by atoms with E-state index in [4.69, 9.17) is 0 Å². The van der Waals surface area contributed by atoms with Gasteiger partial charge in [0.15, 0.2) is 5.13 Å². The highest BCUT2D eigenvalue weighted by Gasteiger charge is 2.39. The number of nitrogens with zero attached hydrogens (tertiary/aromatic N) is 3. The second-order valence-electron chi connectivity index (χ2n) is 8.71. The van der Waals surface area contributed by atoms with Crippen LogP contribution in [-0.2, 0) is 4.79 Å². The first-order chi connectivity index (χ1) is 16.4. The van der Waals surface area contributed by atoms with Gasteiger partial charge < -0.3 is 9.72 Å². The van der Waals surface area contributed by atoms with E-state index >= 15 is 0 Å². The van der Waals surface area contributed by atoms with Crippen LogP contribution in [0.3, 0.4) is 0 Å². The molecule has 34 heavy (non-hydrogen) atoms. The third kappa shape index (κ3) is 4.10. The third-order valence-corrected chi connectivity index (χ3v) is 6.79. The van der Waals surface area contributed by atoms with Crippen molar-refractivity contribution in [2.24, 2.45) is 5.41 Å². The number of amides is 1. The number of fused-ring (bicyclic) bond motifs is 1. The summed E-state index contributed by atoms with van der Waals surface area (Å²) in [5, 5.41) is 5.39. The Hall–Kier alpha value is -3.84. The molecular weight excluding hydrogens is 447 g/mol. The molecule has 2 aromatic carbocycles. The quantitative estimate of drug-likeness (QED) is 0.313. The summed E-state index contributed by atoms with van der Waals surface area (Å²) in [6.07, 6.45) is 5.45. The maximum absolute atomic E-state index is 13.4. The van der Waals surface area contributed by atoms with Crippen LogP contribution < -0.4 is 5.32 Å². The van der Waals surface area contributed by atoms with E-state index in [2.05, 4.69) is 15.3 Å². The van der Waals surface area contributed by atoms with E-state index in [9.17, 15) is 9.18 Å². The van der Waals surface area contributed by atoms with E-state index in [0.29, 0.717) is 5.13 Å². The van der Waals surface area contributed by atoms with Crippen molar-refractivity contribution in [2.75, 3.05) is 5.32 Å². The van der Waals surface area contributed by atoms with Crippen molar-refractivity contribution in [3.05, 3.63) is 108 Å². The van der Waals surface area contributed by atoms with Gasteiger partial charge in [-0.1, -0.05) is 50.2 Å². The number of carbonyl (C=O) groups is 1. The van der Waals surface area contributed by atoms with E-state index < -0.39 is 5.41 Å². The SMILES string of the molecule is CC(C)(C(=O)Nc1nccs1)[C@@H](c1ccccc1)c1ccc2c(-c3ccc(F)cc3)ncn2c1. The van der Waals surface area contributed by atoms with Gasteiger partial charge in [-0.2, -0.15) is 0 Å². The van der Waals surface area contributed by atoms with Crippen molar-refractivity contribution in [3.63, 3.8) is 0 Å². The van der Waals surface area contributed by atoms with Gasteiger partial charge in [0.05, 0.1) is 23.0 Å². The summed E-state index contributed by atoms with van der Waals surface area (Å²) in [4.78, 5) is 22.2. The maximum Gasteiger partial charge on any atom is 0.232 e. The third-order valence-electron chi connectivity index (χ3n) is 6.10. The van der Waals surface area contributed by atoms with E-state index in [1.165, 1.54) is 23.5 Å². The van der Waals surface area contributed by atoms with E-state index in [1.54, 1.807) is 24.7 Å². The number of nitrogens with one attached hydrogen (secondary N) is 1. The number of halogens is 1. The Balaban J connectivity index is 1.57. The van der Waals surface area contributed by atoms with E-state index in [-0.39, 0.29) is 17.6 Å². The summed E-state index contributed by atoms with van der Waals surface area (Å²) in [6, 6.07) is 20.4. The monoisotopic (exact) mass is 470 g/mol. The number of thiazole rings is 1. The lowest BCUT2D eigenvalue weighted by Crippen LogP contribution is -2.37. The molecule has 5 rings (SSSR count). The lowest BCUT2D eigenvalue weighted by atomic mass is 9.71. The minimum atomic E-state index is -0.777. The van der Waals surface area contributed by atoms with Gasteiger partial charge in [0, 0.05) is 29.3 Å². The molecule has 0 aliphatic heterocycles. The van der Waals surface area contributed by atoms with Gasteiger partial charge in [-0.05, 0) is 41.5 Å². The highest BCUT2D eigenvalue weighted by atomic mass is 32.1. The highest BCUT2D eigenvalue weighted by molar-refractivity contribution is 7.13. The molecule has 170 valence electrons. The van der Waals surface area contributed by atoms with E-state index in [1.807, 2.05) is 72.3 Å². The lowest BCUT2D eigenvalue weighted by Gasteiger charge is -2.33. The predicted molar refractivity (Wildman–Crippen MR) is 133 cm³/mol. The molecular formula is C27H23FN4OS. The first kappa shape index (κ1) is 22.0. The second-order valence-corrected chi connectivity index (χ2v) is 9.61. The van der Waals surface area contributed by atoms with Crippen molar-refractivity contribution in [2.45, 2.75) is 19.8 Å². The number of carbonyl (C=O) groups excluding carboxylic acids is 1. The van der Waals surface area contributed by atoms with Crippen LogP contribution in [-0.4, -0.2) is 20.3 Å². The first-order valence-electron chi connectivity index (χ1n) is 10.9. The molecule has 0 unspecified atom stereocenters. The van der Waals surface area contributed by atoms with Crippen LogP contribution in [0.5, 0.6) is 0 Å². The first-order valence-corrected chi connectivity index (χ1v) is 11.8. The standard InChI is InChI=1S/C27H23FN4OS/c1-27(2,25(33)31-26-29-14-15-34-26)23(18-6-4-3-5-7-18)20-10-13-22-24(30-17-32(22)16-20)19-8-11-21(28)12-9-19/h3-17,23H,1-2H3,(H,29,31,33)/t23-/m0/s1. The number of benzene rings is 2. The van der Waals surface area contributed by atoms with Crippen LogP contribution in [0.15, 0.2) is 90.8 Å². The molecule has 0 saturated carbocycles. The van der Waals surface area contributed by atoms with Gasteiger partial charge in [-0.25, -0.2) is 14.4 Å². The van der Waals surface area contributed by atoms with Crippen LogP contribution in [0, 0.1) is 11.2 Å². The smallest absolute Gasteiger partial charge is 0.232 e. The van der Waals surface area contributed by atoms with Gasteiger partial charge in [0.25, 0.3) is 0 Å². The molecule has 1 atom stereocenters. The number of aromatic nitrogens is 3. The Kier molecular flexibility index (Phi) is 5.71. The van der Waals surface area contributed by atoms with Crippen LogP contribution in [0.1, 0.15) is 30.9 Å². The molecule has 0 aliphatic carbocycles. The number of anilines is 1. The topological polar surface area (TPSA) is 59.3 Å². The molecule has 0 radical (unpaired) electrons. The summed E-state index contributed by atoms with van der Waals surface area (Å²) in [7, 11) is 0. The Morgan fingerprint density at radius 1 is 1.00 bits per heavy atom. The Morgan fingerprint density at radius 3 is 2.47 bits per heavy atom. The number of rotatable bonds is 6. The van der Waals surface area contributed by atoms with Gasteiger partial charge in [0.1, 0.15) is 5.82 Å². The summed E-state index contributed by atoms with van der Waals surface area (Å²) >= 11 is 1.40. The predicted octanol–water partition coefficient (Wildman–Crippen LogP) is 6.39. The molecule has 7 heteroatoms. The molecule has 1 amide bonds. The van der Waals surface area contributed by atoms with Crippen molar-refractivity contribution < 1.29 is 9.18 Å². The van der Waals surface area contributed by atoms with Crippen molar-refractivity contribution in [3.8, 4) is 11.3 Å². The van der Waals surface area contributed by atoms with Crippen LogP contribution >= 0.6 is 11.3 Å². The average Bonchev–Trinajstić information content (AvgIpc) is 3.50. The summed E-state index contributed by atoms with van der Waals surface area (Å²) in [5.41, 5.74) is 3.79. The molecule has 3 heterocycles. The fourth-order valence-corrected chi connectivity index (χ4v) is 4.89. The Bertz CT molecular complexity index is 1430. The zero-order valence-electron chi connectivity index (χ0n) is 18.8. The highest BCUT2D eigenvalue weighted by Crippen LogP contribution is 2.42. The molecule has 3 aromatic heterocycles. The number of pyridine rings is 1. The number of imidazole rings is 1. The largest absolute Gasteiger partial charge is 0.305 e. The Morgan fingerprint density at radius 2 is 1.76 bits per heavy atom. The maximum atomic E-state index is 13.4. The molecule has 0 bridgehead atoms. The fraction of sp³-hybridized carbons (Fsp3) is 0.148. The fourth-order valence-electron chi connectivity index (χ4n) is 4.36. The van der Waals surface area contributed by atoms with Crippen molar-refractivity contribution in [1.29, 1.82) is 0 Å². The lowest BCUT2D eigenvalue weighted by molar-refractivity contribution is -0.124. The molecule has 0 spiro atoms. The normalized spacial score (nSPS) is 12.6. The van der Waals surface area contributed by atoms with Crippen LogP contribution in [0.2, 0.25) is 0 Å². The van der Waals surface area contributed by atoms with E-state index in [0.717, 1.165) is 27.9 Å². The van der Waals surface area contributed by atoms with Gasteiger partial charge >= 0.3 is 0 Å². The molecule has 5 nitrogen and oxygen atoms in total. The average molecular weight is 471 g/mol. The number of hydrogen-bond acceptors (Lipinski definition) is 4. The summed E-state index contributed by atoms with van der Waals surface area (Å²) in [5.74, 6) is -0.595. The van der Waals surface area contributed by atoms with Gasteiger partial charge in [-0.3, -0.25) is 4.79 Å². The minimum absolute atomic E-state index is 0.103. The minimum Gasteiger partial charge on any atom is -0.305 e. The molecule has 0 saturated heterocycles. The number of hydrogen-bond donors (Lipinski definition) is 1. The second kappa shape index (κ2) is 8.83. The Labute approximate surface area is 201 Å².